The molecule has 5 nitrogen and oxygen atoms in total. The van der Waals surface area contributed by atoms with Gasteiger partial charge in [-0.3, -0.25) is 9.59 Å². The standard InChI is InChI=1S/C15H17NO4/c1-9(16-13(17)15(6-7-15)14(18)19)11-8-20-12-5-3-2-4-10(11)12/h2-5,9,11H,6-8H2,1H3,(H,16,17)(H,18,19)/t9-,11-/m0/s1. The number of hydrogen-bond acceptors (Lipinski definition) is 3. The molecule has 2 atom stereocenters. The number of para-hydroxylation sites is 1. The number of carboxylic acid groups (broad SMARTS) is 1. The van der Waals surface area contributed by atoms with Gasteiger partial charge in [-0.2, -0.15) is 0 Å². The first-order chi connectivity index (χ1) is 9.54. The van der Waals surface area contributed by atoms with E-state index in [1.807, 2.05) is 31.2 Å². The Morgan fingerprint density at radius 2 is 2.10 bits per heavy atom. The Labute approximate surface area is 116 Å². The van der Waals surface area contributed by atoms with Gasteiger partial charge < -0.3 is 15.2 Å². The molecule has 1 aliphatic carbocycles. The molecule has 1 saturated carbocycles. The van der Waals surface area contributed by atoms with Crippen molar-refractivity contribution in [3.63, 3.8) is 0 Å². The van der Waals surface area contributed by atoms with E-state index in [1.54, 1.807) is 0 Å². The van der Waals surface area contributed by atoms with Crippen molar-refractivity contribution in [3.8, 4) is 5.75 Å². The number of carboxylic acids is 1. The predicted octanol–water partition coefficient (Wildman–Crippen LogP) is 1.53. The van der Waals surface area contributed by atoms with Gasteiger partial charge in [0.15, 0.2) is 0 Å². The number of ether oxygens (including phenoxy) is 1. The highest BCUT2D eigenvalue weighted by Gasteiger charge is 2.57. The number of hydrogen-bond donors (Lipinski definition) is 2. The SMILES string of the molecule is C[C@H](NC(=O)C1(C(=O)O)CC1)[C@@H]1COc2ccccc21. The Bertz CT molecular complexity index is 565. The average molecular weight is 275 g/mol. The Hall–Kier alpha value is -2.04. The molecule has 0 unspecified atom stereocenters. The molecule has 106 valence electrons. The van der Waals surface area contributed by atoms with Gasteiger partial charge in [0, 0.05) is 17.5 Å². The average Bonchev–Trinajstić information content (AvgIpc) is 3.13. The fourth-order valence-corrected chi connectivity index (χ4v) is 2.71. The number of nitrogens with one attached hydrogen (secondary N) is 1. The van der Waals surface area contributed by atoms with Crippen LogP contribution in [-0.4, -0.2) is 29.6 Å². The second-order valence-electron chi connectivity index (χ2n) is 5.60. The lowest BCUT2D eigenvalue weighted by Crippen LogP contribution is -2.44. The molecule has 20 heavy (non-hydrogen) atoms. The van der Waals surface area contributed by atoms with E-state index in [0.717, 1.165) is 11.3 Å². The Kier molecular flexibility index (Phi) is 2.92. The van der Waals surface area contributed by atoms with Crippen LogP contribution in [0.25, 0.3) is 0 Å². The Morgan fingerprint density at radius 3 is 2.75 bits per heavy atom. The number of aliphatic carboxylic acids is 1. The molecule has 5 heteroatoms. The number of rotatable bonds is 4. The molecule has 1 aromatic rings. The van der Waals surface area contributed by atoms with Gasteiger partial charge in [-0.25, -0.2) is 0 Å². The summed E-state index contributed by atoms with van der Waals surface area (Å²) in [5, 5.41) is 12.0. The van der Waals surface area contributed by atoms with Crippen LogP contribution < -0.4 is 10.1 Å². The highest BCUT2D eigenvalue weighted by Crippen LogP contribution is 2.46. The van der Waals surface area contributed by atoms with E-state index in [2.05, 4.69) is 5.32 Å². The monoisotopic (exact) mass is 275 g/mol. The highest BCUT2D eigenvalue weighted by atomic mass is 16.5. The maximum Gasteiger partial charge on any atom is 0.319 e. The summed E-state index contributed by atoms with van der Waals surface area (Å²) in [6, 6.07) is 7.59. The molecule has 1 aromatic carbocycles. The van der Waals surface area contributed by atoms with Crippen molar-refractivity contribution in [1.29, 1.82) is 0 Å². The van der Waals surface area contributed by atoms with Crippen molar-refractivity contribution >= 4 is 11.9 Å². The van der Waals surface area contributed by atoms with Crippen molar-refractivity contribution in [2.24, 2.45) is 5.41 Å². The predicted molar refractivity (Wildman–Crippen MR) is 71.6 cm³/mol. The normalized spacial score (nSPS) is 23.4. The van der Waals surface area contributed by atoms with E-state index >= 15 is 0 Å². The maximum absolute atomic E-state index is 12.1. The second kappa shape index (κ2) is 4.51. The summed E-state index contributed by atoms with van der Waals surface area (Å²) in [7, 11) is 0. The van der Waals surface area contributed by atoms with Crippen molar-refractivity contribution in [2.45, 2.75) is 31.7 Å². The summed E-state index contributed by atoms with van der Waals surface area (Å²) in [6.07, 6.45) is 0.858. The molecule has 0 radical (unpaired) electrons. The van der Waals surface area contributed by atoms with E-state index in [4.69, 9.17) is 9.84 Å². The molecule has 0 spiro atoms. The third kappa shape index (κ3) is 1.94. The second-order valence-corrected chi connectivity index (χ2v) is 5.60. The lowest BCUT2D eigenvalue weighted by atomic mass is 9.93. The molecular weight excluding hydrogens is 258 g/mol. The lowest BCUT2D eigenvalue weighted by Gasteiger charge is -2.22. The highest BCUT2D eigenvalue weighted by molar-refractivity contribution is 6.04. The molecule has 1 amide bonds. The van der Waals surface area contributed by atoms with Gasteiger partial charge in [-0.1, -0.05) is 18.2 Å². The zero-order chi connectivity index (χ0) is 14.3. The molecule has 1 aliphatic heterocycles. The van der Waals surface area contributed by atoms with Crippen LogP contribution in [0.1, 0.15) is 31.2 Å². The quantitative estimate of drug-likeness (QED) is 0.817. The number of carbonyl (C=O) groups excluding carboxylic acids is 1. The van der Waals surface area contributed by atoms with Gasteiger partial charge in [-0.15, -0.1) is 0 Å². The van der Waals surface area contributed by atoms with Crippen LogP contribution in [0.2, 0.25) is 0 Å². The Balaban J connectivity index is 1.71. The first-order valence-corrected chi connectivity index (χ1v) is 6.81. The molecule has 2 aliphatic rings. The zero-order valence-electron chi connectivity index (χ0n) is 11.3. The topological polar surface area (TPSA) is 75.6 Å². The third-order valence-corrected chi connectivity index (χ3v) is 4.29. The van der Waals surface area contributed by atoms with Crippen LogP contribution in [0, 0.1) is 5.41 Å². The van der Waals surface area contributed by atoms with Gasteiger partial charge in [0.25, 0.3) is 0 Å². The van der Waals surface area contributed by atoms with Crippen molar-refractivity contribution in [3.05, 3.63) is 29.8 Å². The van der Waals surface area contributed by atoms with Gasteiger partial charge in [0.05, 0.1) is 6.61 Å². The summed E-state index contributed by atoms with van der Waals surface area (Å²) in [5.74, 6) is -0.482. The molecule has 3 rings (SSSR count). The molecule has 1 heterocycles. The summed E-state index contributed by atoms with van der Waals surface area (Å²) in [4.78, 5) is 23.3. The minimum absolute atomic E-state index is 0.0692. The first kappa shape index (κ1) is 13.0. The minimum atomic E-state index is -1.19. The van der Waals surface area contributed by atoms with Gasteiger partial charge in [-0.05, 0) is 25.8 Å². The summed E-state index contributed by atoms with van der Waals surface area (Å²) in [6.45, 7) is 2.41. The molecule has 1 fully saturated rings. The summed E-state index contributed by atoms with van der Waals surface area (Å²) >= 11 is 0. The summed E-state index contributed by atoms with van der Waals surface area (Å²) in [5.41, 5.74) is -0.117. The molecule has 0 aromatic heterocycles. The third-order valence-electron chi connectivity index (χ3n) is 4.29. The van der Waals surface area contributed by atoms with E-state index in [0.29, 0.717) is 19.4 Å². The van der Waals surface area contributed by atoms with Gasteiger partial charge in [0.1, 0.15) is 11.2 Å². The van der Waals surface area contributed by atoms with Crippen LogP contribution in [0.5, 0.6) is 5.75 Å². The zero-order valence-corrected chi connectivity index (χ0v) is 11.3. The first-order valence-electron chi connectivity index (χ1n) is 6.81. The van der Waals surface area contributed by atoms with E-state index in [1.165, 1.54) is 0 Å². The van der Waals surface area contributed by atoms with Crippen molar-refractivity contribution < 1.29 is 19.4 Å². The minimum Gasteiger partial charge on any atom is -0.493 e. The molecule has 0 saturated heterocycles. The number of fused-ring (bicyclic) bond motifs is 1. The van der Waals surface area contributed by atoms with Crippen LogP contribution in [0.4, 0.5) is 0 Å². The van der Waals surface area contributed by atoms with E-state index in [-0.39, 0.29) is 17.9 Å². The molecule has 0 bridgehead atoms. The smallest absolute Gasteiger partial charge is 0.319 e. The van der Waals surface area contributed by atoms with Gasteiger partial charge in [0.2, 0.25) is 5.91 Å². The fourth-order valence-electron chi connectivity index (χ4n) is 2.71. The van der Waals surface area contributed by atoms with Crippen molar-refractivity contribution in [2.75, 3.05) is 6.61 Å². The number of amides is 1. The molecular formula is C15H17NO4. The van der Waals surface area contributed by atoms with Crippen LogP contribution in [-0.2, 0) is 9.59 Å². The van der Waals surface area contributed by atoms with Crippen LogP contribution >= 0.6 is 0 Å². The van der Waals surface area contributed by atoms with Crippen LogP contribution in [0.15, 0.2) is 24.3 Å². The van der Waals surface area contributed by atoms with E-state index in [9.17, 15) is 9.59 Å². The maximum atomic E-state index is 12.1. The summed E-state index contributed by atoms with van der Waals surface area (Å²) < 4.78 is 5.59. The molecule has 2 N–H and O–H groups in total. The lowest BCUT2D eigenvalue weighted by molar-refractivity contribution is -0.149. The van der Waals surface area contributed by atoms with Crippen molar-refractivity contribution in [1.82, 2.24) is 5.32 Å². The Morgan fingerprint density at radius 1 is 1.40 bits per heavy atom. The fraction of sp³-hybridized carbons (Fsp3) is 0.467. The van der Waals surface area contributed by atoms with E-state index < -0.39 is 11.4 Å². The number of benzene rings is 1. The van der Waals surface area contributed by atoms with Crippen LogP contribution in [0.3, 0.4) is 0 Å². The largest absolute Gasteiger partial charge is 0.493 e. The number of carbonyl (C=O) groups is 2. The van der Waals surface area contributed by atoms with Gasteiger partial charge >= 0.3 is 5.97 Å².